The van der Waals surface area contributed by atoms with E-state index in [1.807, 2.05) is 6.92 Å². The summed E-state index contributed by atoms with van der Waals surface area (Å²) < 4.78 is 0. The molecule has 1 aromatic rings. The van der Waals surface area contributed by atoms with Crippen molar-refractivity contribution in [3.63, 3.8) is 0 Å². The number of hydrogen-bond acceptors (Lipinski definition) is 3. The van der Waals surface area contributed by atoms with Crippen molar-refractivity contribution in [2.45, 2.75) is 6.92 Å². The second kappa shape index (κ2) is 6.26. The third kappa shape index (κ3) is 3.37. The molecule has 6 heteroatoms. The number of nitrogens with one attached hydrogen (secondary N) is 1. The number of hydrogen-bond donors (Lipinski definition) is 2. The number of aromatic carboxylic acids is 1. The Morgan fingerprint density at radius 2 is 2.11 bits per heavy atom. The smallest absolute Gasteiger partial charge is 0.339 e. The summed E-state index contributed by atoms with van der Waals surface area (Å²) in [6, 6.07) is 4.78. The fourth-order valence-corrected chi connectivity index (χ4v) is 1.85. The maximum atomic E-state index is 11.5. The van der Waals surface area contributed by atoms with Gasteiger partial charge in [-0.2, -0.15) is 0 Å². The Hall–Kier alpha value is -1.75. The number of nitrogens with zero attached hydrogens (tertiary/aromatic N) is 1. The van der Waals surface area contributed by atoms with Gasteiger partial charge in [0.1, 0.15) is 5.56 Å². The number of amides is 1. The van der Waals surface area contributed by atoms with Crippen LogP contribution in [0, 0.1) is 0 Å². The van der Waals surface area contributed by atoms with Crippen molar-refractivity contribution in [2.24, 2.45) is 0 Å². The Bertz CT molecular complexity index is 463. The number of likely N-dealkylation sites (N-methyl/N-ethyl adjacent to an activating group) is 2. The molecule has 0 aliphatic heterocycles. The monoisotopic (exact) mass is 270 g/mol. The van der Waals surface area contributed by atoms with Crippen LogP contribution in [-0.2, 0) is 4.79 Å². The Morgan fingerprint density at radius 1 is 1.44 bits per heavy atom. The van der Waals surface area contributed by atoms with Gasteiger partial charge in [-0.25, -0.2) is 4.79 Å². The number of rotatable bonds is 5. The molecule has 0 atom stereocenters. The van der Waals surface area contributed by atoms with E-state index in [9.17, 15) is 9.59 Å². The zero-order valence-corrected chi connectivity index (χ0v) is 11.0. The van der Waals surface area contributed by atoms with Crippen LogP contribution in [0.15, 0.2) is 18.2 Å². The first kappa shape index (κ1) is 14.3. The van der Waals surface area contributed by atoms with E-state index in [0.717, 1.165) is 0 Å². The average molecular weight is 271 g/mol. The lowest BCUT2D eigenvalue weighted by molar-refractivity contribution is -0.119. The van der Waals surface area contributed by atoms with Crippen LogP contribution in [0.4, 0.5) is 5.69 Å². The van der Waals surface area contributed by atoms with Crippen molar-refractivity contribution in [3.8, 4) is 0 Å². The number of carbonyl (C=O) groups is 2. The van der Waals surface area contributed by atoms with Crippen LogP contribution in [-0.4, -0.2) is 37.1 Å². The predicted octanol–water partition coefficient (Wildman–Crippen LogP) is 1.61. The zero-order valence-electron chi connectivity index (χ0n) is 10.2. The lowest BCUT2D eigenvalue weighted by Crippen LogP contribution is -2.35. The van der Waals surface area contributed by atoms with Crippen LogP contribution in [0.3, 0.4) is 0 Å². The first-order valence-corrected chi connectivity index (χ1v) is 5.84. The van der Waals surface area contributed by atoms with Gasteiger partial charge in [0.15, 0.2) is 0 Å². The van der Waals surface area contributed by atoms with E-state index in [0.29, 0.717) is 12.2 Å². The Kier molecular flexibility index (Phi) is 4.97. The number of carboxylic acid groups (broad SMARTS) is 1. The highest BCUT2D eigenvalue weighted by molar-refractivity contribution is 6.34. The van der Waals surface area contributed by atoms with Crippen LogP contribution in [0.25, 0.3) is 0 Å². The van der Waals surface area contributed by atoms with Crippen LogP contribution in [0.1, 0.15) is 17.3 Å². The van der Waals surface area contributed by atoms with Crippen molar-refractivity contribution < 1.29 is 14.7 Å². The summed E-state index contributed by atoms with van der Waals surface area (Å²) >= 11 is 5.86. The van der Waals surface area contributed by atoms with E-state index in [1.54, 1.807) is 24.1 Å². The number of benzene rings is 1. The highest BCUT2D eigenvalue weighted by Gasteiger charge is 2.18. The summed E-state index contributed by atoms with van der Waals surface area (Å²) in [5, 5.41) is 11.9. The van der Waals surface area contributed by atoms with Crippen molar-refractivity contribution in [2.75, 3.05) is 25.0 Å². The van der Waals surface area contributed by atoms with E-state index >= 15 is 0 Å². The second-order valence-electron chi connectivity index (χ2n) is 3.75. The topological polar surface area (TPSA) is 69.6 Å². The molecule has 0 heterocycles. The molecule has 0 aliphatic rings. The molecule has 0 radical (unpaired) electrons. The lowest BCUT2D eigenvalue weighted by Gasteiger charge is -2.21. The van der Waals surface area contributed by atoms with E-state index < -0.39 is 5.97 Å². The molecule has 0 saturated carbocycles. The molecule has 0 bridgehead atoms. The van der Waals surface area contributed by atoms with Gasteiger partial charge in [0.25, 0.3) is 0 Å². The maximum Gasteiger partial charge on any atom is 0.339 e. The van der Waals surface area contributed by atoms with Crippen molar-refractivity contribution in [3.05, 3.63) is 28.8 Å². The second-order valence-corrected chi connectivity index (χ2v) is 4.16. The standard InChI is InChI=1S/C12H15ClN2O3/c1-3-14-10(16)7-15(2)9-6-4-5-8(13)11(9)12(17)18/h4-6H,3,7H2,1-2H3,(H,14,16)(H,17,18). The summed E-state index contributed by atoms with van der Waals surface area (Å²) in [6.45, 7) is 2.43. The molecule has 0 aliphatic carbocycles. The lowest BCUT2D eigenvalue weighted by atomic mass is 10.1. The van der Waals surface area contributed by atoms with Gasteiger partial charge in [-0.1, -0.05) is 17.7 Å². The van der Waals surface area contributed by atoms with E-state index in [1.165, 1.54) is 6.07 Å². The van der Waals surface area contributed by atoms with Gasteiger partial charge in [0.2, 0.25) is 5.91 Å². The molecule has 0 spiro atoms. The van der Waals surface area contributed by atoms with Gasteiger partial charge >= 0.3 is 5.97 Å². The molecule has 98 valence electrons. The van der Waals surface area contributed by atoms with Crippen LogP contribution >= 0.6 is 11.6 Å². The van der Waals surface area contributed by atoms with Gasteiger partial charge < -0.3 is 15.3 Å². The Morgan fingerprint density at radius 3 is 2.67 bits per heavy atom. The van der Waals surface area contributed by atoms with Crippen LogP contribution in [0.5, 0.6) is 0 Å². The van der Waals surface area contributed by atoms with E-state index in [4.69, 9.17) is 16.7 Å². The van der Waals surface area contributed by atoms with Gasteiger partial charge in [-0.3, -0.25) is 4.79 Å². The van der Waals surface area contributed by atoms with Crippen molar-refractivity contribution in [1.29, 1.82) is 0 Å². The zero-order chi connectivity index (χ0) is 13.7. The highest BCUT2D eigenvalue weighted by Crippen LogP contribution is 2.26. The van der Waals surface area contributed by atoms with Crippen molar-refractivity contribution >= 4 is 29.2 Å². The molecule has 5 nitrogen and oxygen atoms in total. The average Bonchev–Trinajstić information content (AvgIpc) is 2.28. The Balaban J connectivity index is 2.98. The minimum absolute atomic E-state index is 0.00552. The summed E-state index contributed by atoms with van der Waals surface area (Å²) in [6.07, 6.45) is 0. The molecule has 1 aromatic carbocycles. The third-order valence-corrected chi connectivity index (χ3v) is 2.69. The number of halogens is 1. The molecule has 2 N–H and O–H groups in total. The largest absolute Gasteiger partial charge is 0.478 e. The molecule has 1 amide bonds. The third-order valence-electron chi connectivity index (χ3n) is 2.37. The van der Waals surface area contributed by atoms with Gasteiger partial charge in [0, 0.05) is 13.6 Å². The molecular weight excluding hydrogens is 256 g/mol. The molecule has 0 fully saturated rings. The van der Waals surface area contributed by atoms with Gasteiger partial charge in [-0.05, 0) is 19.1 Å². The van der Waals surface area contributed by atoms with Gasteiger partial charge in [-0.15, -0.1) is 0 Å². The summed E-state index contributed by atoms with van der Waals surface area (Å²) in [4.78, 5) is 24.2. The normalized spacial score (nSPS) is 9.94. The minimum atomic E-state index is -1.11. The molecule has 18 heavy (non-hydrogen) atoms. The number of carbonyl (C=O) groups excluding carboxylic acids is 1. The maximum absolute atomic E-state index is 11.5. The predicted molar refractivity (Wildman–Crippen MR) is 70.4 cm³/mol. The fraction of sp³-hybridized carbons (Fsp3) is 0.333. The highest BCUT2D eigenvalue weighted by atomic mass is 35.5. The molecule has 0 unspecified atom stereocenters. The van der Waals surface area contributed by atoms with Crippen LogP contribution < -0.4 is 10.2 Å². The molecular formula is C12H15ClN2O3. The summed E-state index contributed by atoms with van der Waals surface area (Å²) in [5.74, 6) is -1.28. The van der Waals surface area contributed by atoms with Crippen LogP contribution in [0.2, 0.25) is 5.02 Å². The van der Waals surface area contributed by atoms with Crippen molar-refractivity contribution in [1.82, 2.24) is 5.32 Å². The fourth-order valence-electron chi connectivity index (χ4n) is 1.60. The first-order chi connectivity index (χ1) is 8.47. The quantitative estimate of drug-likeness (QED) is 0.853. The number of anilines is 1. The molecule has 0 saturated heterocycles. The first-order valence-electron chi connectivity index (χ1n) is 5.47. The Labute approximate surface area is 110 Å². The SMILES string of the molecule is CCNC(=O)CN(C)c1cccc(Cl)c1C(=O)O. The van der Waals surface area contributed by atoms with E-state index in [-0.39, 0.29) is 23.0 Å². The summed E-state index contributed by atoms with van der Waals surface area (Å²) in [7, 11) is 1.65. The molecule has 0 aromatic heterocycles. The number of carboxylic acids is 1. The summed E-state index contributed by atoms with van der Waals surface area (Å²) in [5.41, 5.74) is 0.423. The van der Waals surface area contributed by atoms with E-state index in [2.05, 4.69) is 5.32 Å². The minimum Gasteiger partial charge on any atom is -0.478 e. The molecule has 1 rings (SSSR count). The van der Waals surface area contributed by atoms with Gasteiger partial charge in [0.05, 0.1) is 17.3 Å².